The van der Waals surface area contributed by atoms with Gasteiger partial charge in [0.2, 0.25) is 5.91 Å². The maximum Gasteiger partial charge on any atom is 0.416 e. The van der Waals surface area contributed by atoms with Crippen LogP contribution in [-0.2, 0) is 21.0 Å². The molecule has 2 aromatic rings. The fourth-order valence-electron chi connectivity index (χ4n) is 3.06. The number of hydrogen-bond acceptors (Lipinski definition) is 4. The fourth-order valence-corrected chi connectivity index (χ4v) is 4.15. The highest BCUT2D eigenvalue weighted by atomic mass is 32.2. The SMILES string of the molecule is O=C(C=Cc1cccc(C(F)(F)F)c1)Nc1ccc(S(=O)(=O)NC2=NCCCCC2)cc1. The van der Waals surface area contributed by atoms with Crippen molar-refractivity contribution in [3.63, 3.8) is 0 Å². The van der Waals surface area contributed by atoms with Crippen molar-refractivity contribution in [1.29, 1.82) is 0 Å². The largest absolute Gasteiger partial charge is 0.416 e. The van der Waals surface area contributed by atoms with Crippen LogP contribution in [0.4, 0.5) is 18.9 Å². The van der Waals surface area contributed by atoms with Crippen LogP contribution >= 0.6 is 0 Å². The Bertz CT molecular complexity index is 1130. The van der Waals surface area contributed by atoms with Gasteiger partial charge in [0.25, 0.3) is 10.0 Å². The number of hydrogen-bond donors (Lipinski definition) is 2. The summed E-state index contributed by atoms with van der Waals surface area (Å²) in [5, 5.41) is 2.54. The van der Waals surface area contributed by atoms with Crippen molar-refractivity contribution in [2.45, 2.75) is 36.8 Å². The molecule has 170 valence electrons. The zero-order valence-electron chi connectivity index (χ0n) is 17.0. The van der Waals surface area contributed by atoms with Crippen molar-refractivity contribution in [3.8, 4) is 0 Å². The average molecular weight is 465 g/mol. The molecule has 32 heavy (non-hydrogen) atoms. The molecule has 0 aromatic heterocycles. The number of aliphatic imine (C=N–C) groups is 1. The Morgan fingerprint density at radius 1 is 1.03 bits per heavy atom. The lowest BCUT2D eigenvalue weighted by Crippen LogP contribution is -2.30. The number of amides is 1. The van der Waals surface area contributed by atoms with Gasteiger partial charge in [0, 0.05) is 24.7 Å². The van der Waals surface area contributed by atoms with Gasteiger partial charge in [0.15, 0.2) is 0 Å². The third-order valence-electron chi connectivity index (χ3n) is 4.70. The van der Waals surface area contributed by atoms with E-state index in [-0.39, 0.29) is 10.5 Å². The predicted octanol–water partition coefficient (Wildman–Crippen LogP) is 4.61. The van der Waals surface area contributed by atoms with E-state index in [9.17, 15) is 26.4 Å². The van der Waals surface area contributed by atoms with Gasteiger partial charge in [-0.25, -0.2) is 8.42 Å². The molecule has 1 aliphatic heterocycles. The average Bonchev–Trinajstić information content (AvgIpc) is 3.00. The van der Waals surface area contributed by atoms with Gasteiger partial charge in [-0.2, -0.15) is 13.2 Å². The van der Waals surface area contributed by atoms with Crippen LogP contribution in [0.3, 0.4) is 0 Å². The number of carbonyl (C=O) groups excluding carboxylic acids is 1. The molecule has 0 fully saturated rings. The molecule has 1 amide bonds. The van der Waals surface area contributed by atoms with Gasteiger partial charge < -0.3 is 5.32 Å². The van der Waals surface area contributed by atoms with Crippen LogP contribution in [0.2, 0.25) is 0 Å². The topological polar surface area (TPSA) is 87.6 Å². The number of halogens is 3. The lowest BCUT2D eigenvalue weighted by molar-refractivity contribution is -0.137. The van der Waals surface area contributed by atoms with Gasteiger partial charge in [0.05, 0.1) is 10.5 Å². The smallest absolute Gasteiger partial charge is 0.323 e. The third kappa shape index (κ3) is 6.68. The molecule has 0 unspecified atom stereocenters. The molecule has 1 heterocycles. The van der Waals surface area contributed by atoms with Gasteiger partial charge >= 0.3 is 6.18 Å². The Balaban J connectivity index is 1.62. The maximum absolute atomic E-state index is 12.8. The van der Waals surface area contributed by atoms with Gasteiger partial charge in [-0.15, -0.1) is 0 Å². The summed E-state index contributed by atoms with van der Waals surface area (Å²) in [6, 6.07) is 10.2. The van der Waals surface area contributed by atoms with E-state index in [1.165, 1.54) is 42.5 Å². The summed E-state index contributed by atoms with van der Waals surface area (Å²) in [5.74, 6) is -0.122. The second kappa shape index (κ2) is 9.99. The first kappa shape index (κ1) is 23.5. The highest BCUT2D eigenvalue weighted by molar-refractivity contribution is 7.90. The molecule has 0 saturated heterocycles. The summed E-state index contributed by atoms with van der Waals surface area (Å²) in [6.07, 6.45) is 1.29. The predicted molar refractivity (Wildman–Crippen MR) is 117 cm³/mol. The number of sulfonamides is 1. The molecular weight excluding hydrogens is 443 g/mol. The Hall–Kier alpha value is -3.14. The van der Waals surface area contributed by atoms with E-state index in [0.717, 1.165) is 37.5 Å². The maximum atomic E-state index is 12.8. The Labute approximate surface area is 184 Å². The molecule has 2 N–H and O–H groups in total. The number of nitrogens with zero attached hydrogens (tertiary/aromatic N) is 1. The van der Waals surface area contributed by atoms with Crippen molar-refractivity contribution >= 4 is 33.5 Å². The number of anilines is 1. The summed E-state index contributed by atoms with van der Waals surface area (Å²) in [7, 11) is -3.78. The molecule has 1 aliphatic rings. The lowest BCUT2D eigenvalue weighted by Gasteiger charge is -2.10. The molecule has 3 rings (SSSR count). The Morgan fingerprint density at radius 2 is 1.78 bits per heavy atom. The first-order chi connectivity index (χ1) is 15.1. The van der Waals surface area contributed by atoms with E-state index in [0.29, 0.717) is 24.5 Å². The van der Waals surface area contributed by atoms with Crippen LogP contribution in [0, 0.1) is 0 Å². The minimum absolute atomic E-state index is 0.0296. The molecule has 0 spiro atoms. The standard InChI is InChI=1S/C22H22F3N3O3S/c23-22(24,25)17-6-4-5-16(15-17)8-13-21(29)27-18-9-11-19(12-10-18)32(30,31)28-20-7-2-1-3-14-26-20/h4-6,8-13,15H,1-3,7,14H2,(H,26,28)(H,27,29). The van der Waals surface area contributed by atoms with E-state index >= 15 is 0 Å². The number of alkyl halides is 3. The number of nitrogens with one attached hydrogen (secondary N) is 2. The molecule has 0 saturated carbocycles. The van der Waals surface area contributed by atoms with Crippen molar-refractivity contribution in [2.24, 2.45) is 4.99 Å². The Kier molecular flexibility index (Phi) is 7.34. The van der Waals surface area contributed by atoms with Crippen LogP contribution in [0.25, 0.3) is 6.08 Å². The summed E-state index contributed by atoms with van der Waals surface area (Å²) in [4.78, 5) is 16.4. The van der Waals surface area contributed by atoms with E-state index in [1.54, 1.807) is 0 Å². The van der Waals surface area contributed by atoms with Gasteiger partial charge in [-0.05, 0) is 60.9 Å². The molecule has 6 nitrogen and oxygen atoms in total. The highest BCUT2D eigenvalue weighted by Gasteiger charge is 2.30. The number of carbonyl (C=O) groups is 1. The summed E-state index contributed by atoms with van der Waals surface area (Å²) in [5.41, 5.74) is -0.237. The van der Waals surface area contributed by atoms with Crippen LogP contribution in [-0.4, -0.2) is 26.7 Å². The molecule has 0 bridgehead atoms. The normalized spacial score (nSPS) is 15.2. The number of benzene rings is 2. The first-order valence-corrected chi connectivity index (χ1v) is 11.4. The number of amidine groups is 1. The van der Waals surface area contributed by atoms with E-state index < -0.39 is 27.7 Å². The van der Waals surface area contributed by atoms with E-state index in [4.69, 9.17) is 0 Å². The van der Waals surface area contributed by atoms with Crippen molar-refractivity contribution in [3.05, 3.63) is 65.7 Å². The molecular formula is C22H22F3N3O3S. The zero-order valence-corrected chi connectivity index (χ0v) is 17.8. The van der Waals surface area contributed by atoms with Crippen LogP contribution in [0.5, 0.6) is 0 Å². The minimum Gasteiger partial charge on any atom is -0.323 e. The second-order valence-corrected chi connectivity index (χ2v) is 8.90. The summed E-state index contributed by atoms with van der Waals surface area (Å²) in [6.45, 7) is 0.594. The van der Waals surface area contributed by atoms with Gasteiger partial charge in [-0.1, -0.05) is 18.6 Å². The third-order valence-corrected chi connectivity index (χ3v) is 6.10. The number of rotatable bonds is 5. The summed E-state index contributed by atoms with van der Waals surface area (Å²) < 4.78 is 65.9. The Morgan fingerprint density at radius 3 is 2.50 bits per heavy atom. The minimum atomic E-state index is -4.47. The lowest BCUT2D eigenvalue weighted by atomic mass is 10.1. The van der Waals surface area contributed by atoms with Crippen LogP contribution in [0.1, 0.15) is 36.8 Å². The fraction of sp³-hybridized carbons (Fsp3) is 0.273. The van der Waals surface area contributed by atoms with Gasteiger partial charge in [-0.3, -0.25) is 14.5 Å². The van der Waals surface area contributed by atoms with Gasteiger partial charge in [0.1, 0.15) is 5.84 Å². The van der Waals surface area contributed by atoms with Crippen molar-refractivity contribution < 1.29 is 26.4 Å². The van der Waals surface area contributed by atoms with E-state index in [1.807, 2.05) is 0 Å². The molecule has 0 atom stereocenters. The molecule has 0 aliphatic carbocycles. The highest BCUT2D eigenvalue weighted by Crippen LogP contribution is 2.29. The van der Waals surface area contributed by atoms with Crippen molar-refractivity contribution in [2.75, 3.05) is 11.9 Å². The molecule has 2 aromatic carbocycles. The summed E-state index contributed by atoms with van der Waals surface area (Å²) >= 11 is 0. The second-order valence-electron chi connectivity index (χ2n) is 7.21. The van der Waals surface area contributed by atoms with Crippen molar-refractivity contribution in [1.82, 2.24) is 4.72 Å². The molecule has 10 heteroatoms. The quantitative estimate of drug-likeness (QED) is 0.633. The van der Waals surface area contributed by atoms with Crippen LogP contribution in [0.15, 0.2) is 64.5 Å². The zero-order chi connectivity index (χ0) is 23.2. The van der Waals surface area contributed by atoms with Crippen LogP contribution < -0.4 is 10.0 Å². The monoisotopic (exact) mass is 465 g/mol. The molecule has 0 radical (unpaired) electrons. The first-order valence-electron chi connectivity index (χ1n) is 9.96. The van der Waals surface area contributed by atoms with E-state index in [2.05, 4.69) is 15.0 Å².